The lowest BCUT2D eigenvalue weighted by Crippen LogP contribution is -2.43. The van der Waals surface area contributed by atoms with Gasteiger partial charge in [0.2, 0.25) is 21.7 Å². The molecule has 1 saturated heterocycles. The SMILES string of the molecule is COc1ccc(CNC(=O)C2CCN(S(=O)(=O)Cc3ccc(Cl)c(Cl)c3)CC2)c(OC)c1OC. The first-order valence-electron chi connectivity index (χ1n) is 10.7. The summed E-state index contributed by atoms with van der Waals surface area (Å²) in [6.45, 7) is 0.807. The van der Waals surface area contributed by atoms with Gasteiger partial charge in [0, 0.05) is 31.1 Å². The van der Waals surface area contributed by atoms with Gasteiger partial charge in [0.05, 0.1) is 37.1 Å². The molecule has 1 N–H and O–H groups in total. The van der Waals surface area contributed by atoms with Gasteiger partial charge in [0.25, 0.3) is 0 Å². The molecule has 0 bridgehead atoms. The first-order chi connectivity index (χ1) is 16.2. The third-order valence-corrected chi connectivity index (χ3v) is 8.38. The number of hydrogen-bond acceptors (Lipinski definition) is 6. The molecule has 0 radical (unpaired) electrons. The van der Waals surface area contributed by atoms with Gasteiger partial charge in [0.15, 0.2) is 11.5 Å². The van der Waals surface area contributed by atoms with Crippen molar-refractivity contribution in [3.8, 4) is 17.2 Å². The van der Waals surface area contributed by atoms with Crippen LogP contribution in [0.25, 0.3) is 0 Å². The lowest BCUT2D eigenvalue weighted by atomic mass is 9.97. The number of benzene rings is 2. The quantitative estimate of drug-likeness (QED) is 0.528. The minimum atomic E-state index is -3.54. The molecule has 1 fully saturated rings. The summed E-state index contributed by atoms with van der Waals surface area (Å²) in [5.74, 6) is 0.909. The first kappa shape index (κ1) is 26.4. The molecular formula is C23H28Cl2N2O6S. The number of piperidine rings is 1. The molecule has 0 unspecified atom stereocenters. The molecule has 2 aromatic rings. The van der Waals surface area contributed by atoms with E-state index in [1.807, 2.05) is 0 Å². The smallest absolute Gasteiger partial charge is 0.223 e. The Labute approximate surface area is 210 Å². The Kier molecular flexibility index (Phi) is 8.92. The van der Waals surface area contributed by atoms with Gasteiger partial charge in [-0.15, -0.1) is 0 Å². The second kappa shape index (κ2) is 11.5. The van der Waals surface area contributed by atoms with Gasteiger partial charge in [-0.2, -0.15) is 0 Å². The van der Waals surface area contributed by atoms with Crippen molar-refractivity contribution in [2.45, 2.75) is 25.1 Å². The average molecular weight is 531 g/mol. The number of nitrogens with one attached hydrogen (secondary N) is 1. The van der Waals surface area contributed by atoms with E-state index in [1.54, 1.807) is 30.3 Å². The Morgan fingerprint density at radius 3 is 2.26 bits per heavy atom. The summed E-state index contributed by atoms with van der Waals surface area (Å²) in [6.07, 6.45) is 0.880. The first-order valence-corrected chi connectivity index (χ1v) is 13.0. The van der Waals surface area contributed by atoms with Crippen LogP contribution in [0, 0.1) is 5.92 Å². The highest BCUT2D eigenvalue weighted by molar-refractivity contribution is 7.88. The van der Waals surface area contributed by atoms with E-state index < -0.39 is 10.0 Å². The summed E-state index contributed by atoms with van der Waals surface area (Å²) in [5.41, 5.74) is 1.31. The molecule has 1 heterocycles. The van der Waals surface area contributed by atoms with E-state index in [0.717, 1.165) is 5.56 Å². The van der Waals surface area contributed by atoms with E-state index in [4.69, 9.17) is 37.4 Å². The highest BCUT2D eigenvalue weighted by Crippen LogP contribution is 2.39. The van der Waals surface area contributed by atoms with Crippen LogP contribution in [0.3, 0.4) is 0 Å². The maximum absolute atomic E-state index is 12.8. The van der Waals surface area contributed by atoms with Crippen LogP contribution in [0.1, 0.15) is 24.0 Å². The molecule has 0 saturated carbocycles. The zero-order chi connectivity index (χ0) is 24.9. The summed E-state index contributed by atoms with van der Waals surface area (Å²) in [7, 11) is 1.05. The molecule has 0 atom stereocenters. The van der Waals surface area contributed by atoms with Gasteiger partial charge < -0.3 is 19.5 Å². The summed E-state index contributed by atoms with van der Waals surface area (Å²) in [5, 5.41) is 3.62. The Bertz CT molecular complexity index is 1130. The zero-order valence-electron chi connectivity index (χ0n) is 19.3. The van der Waals surface area contributed by atoms with E-state index >= 15 is 0 Å². The van der Waals surface area contributed by atoms with Crippen LogP contribution in [0.2, 0.25) is 10.0 Å². The molecule has 34 heavy (non-hydrogen) atoms. The summed E-state index contributed by atoms with van der Waals surface area (Å²) in [4.78, 5) is 12.8. The van der Waals surface area contributed by atoms with E-state index in [1.165, 1.54) is 25.6 Å². The second-order valence-electron chi connectivity index (χ2n) is 7.89. The van der Waals surface area contributed by atoms with Crippen molar-refractivity contribution < 1.29 is 27.4 Å². The van der Waals surface area contributed by atoms with Crippen molar-refractivity contribution in [1.29, 1.82) is 0 Å². The molecule has 0 aromatic heterocycles. The number of rotatable bonds is 9. The maximum Gasteiger partial charge on any atom is 0.223 e. The number of hydrogen-bond donors (Lipinski definition) is 1. The number of nitrogens with zero attached hydrogens (tertiary/aromatic N) is 1. The Hall–Kier alpha value is -2.20. The fourth-order valence-corrected chi connectivity index (χ4v) is 5.83. The number of ether oxygens (including phenoxy) is 3. The third-order valence-electron chi connectivity index (χ3n) is 5.79. The molecule has 8 nitrogen and oxygen atoms in total. The predicted molar refractivity (Wildman–Crippen MR) is 131 cm³/mol. The second-order valence-corrected chi connectivity index (χ2v) is 10.7. The van der Waals surface area contributed by atoms with Crippen molar-refractivity contribution in [1.82, 2.24) is 9.62 Å². The molecule has 0 spiro atoms. The number of carbonyl (C=O) groups is 1. The predicted octanol–water partition coefficient (Wildman–Crippen LogP) is 3.88. The van der Waals surface area contributed by atoms with Crippen LogP contribution in [-0.2, 0) is 27.1 Å². The van der Waals surface area contributed by atoms with Crippen LogP contribution in [0.5, 0.6) is 17.2 Å². The minimum Gasteiger partial charge on any atom is -0.493 e. The maximum atomic E-state index is 12.8. The highest BCUT2D eigenvalue weighted by Gasteiger charge is 2.31. The van der Waals surface area contributed by atoms with E-state index in [-0.39, 0.29) is 37.2 Å². The lowest BCUT2D eigenvalue weighted by molar-refractivity contribution is -0.126. The largest absolute Gasteiger partial charge is 0.493 e. The van der Waals surface area contributed by atoms with Crippen molar-refractivity contribution in [2.24, 2.45) is 5.92 Å². The molecule has 1 aliphatic rings. The zero-order valence-corrected chi connectivity index (χ0v) is 21.6. The molecule has 1 aliphatic heterocycles. The van der Waals surface area contributed by atoms with Crippen molar-refractivity contribution in [3.63, 3.8) is 0 Å². The molecule has 0 aliphatic carbocycles. The topological polar surface area (TPSA) is 94.2 Å². The molecule has 186 valence electrons. The lowest BCUT2D eigenvalue weighted by Gasteiger charge is -2.30. The van der Waals surface area contributed by atoms with Crippen LogP contribution >= 0.6 is 23.2 Å². The van der Waals surface area contributed by atoms with Crippen molar-refractivity contribution >= 4 is 39.1 Å². The van der Waals surface area contributed by atoms with Crippen molar-refractivity contribution in [2.75, 3.05) is 34.4 Å². The van der Waals surface area contributed by atoms with Crippen LogP contribution in [-0.4, -0.2) is 53.0 Å². The molecule has 11 heteroatoms. The number of amides is 1. The average Bonchev–Trinajstić information content (AvgIpc) is 2.83. The van der Waals surface area contributed by atoms with Gasteiger partial charge in [-0.1, -0.05) is 29.3 Å². The molecule has 3 rings (SSSR count). The normalized spacial score (nSPS) is 15.1. The summed E-state index contributed by atoms with van der Waals surface area (Å²) in [6, 6.07) is 8.34. The van der Waals surface area contributed by atoms with Crippen LogP contribution in [0.15, 0.2) is 30.3 Å². The Balaban J connectivity index is 1.57. The van der Waals surface area contributed by atoms with E-state index in [0.29, 0.717) is 45.7 Å². The van der Waals surface area contributed by atoms with Crippen molar-refractivity contribution in [3.05, 3.63) is 51.5 Å². The van der Waals surface area contributed by atoms with Crippen LogP contribution < -0.4 is 19.5 Å². The molecule has 2 aromatic carbocycles. The van der Waals surface area contributed by atoms with Gasteiger partial charge in [0.1, 0.15) is 0 Å². The number of methoxy groups -OCH3 is 3. The summed E-state index contributed by atoms with van der Waals surface area (Å²) >= 11 is 11.9. The fourth-order valence-electron chi connectivity index (χ4n) is 3.96. The number of halogens is 2. The number of sulfonamides is 1. The fraction of sp³-hybridized carbons (Fsp3) is 0.435. The standard InChI is InChI=1S/C23H28Cl2N2O6S/c1-31-20-7-5-17(21(32-2)22(20)33-3)13-26-23(28)16-8-10-27(11-9-16)34(29,30)14-15-4-6-18(24)19(25)12-15/h4-7,12,16H,8-11,13-14H2,1-3H3,(H,26,28). The molecular weight excluding hydrogens is 503 g/mol. The van der Waals surface area contributed by atoms with Gasteiger partial charge in [-0.25, -0.2) is 12.7 Å². The highest BCUT2D eigenvalue weighted by atomic mass is 35.5. The van der Waals surface area contributed by atoms with E-state index in [9.17, 15) is 13.2 Å². The van der Waals surface area contributed by atoms with Gasteiger partial charge in [-0.05, 0) is 42.7 Å². The Morgan fingerprint density at radius 1 is 1.00 bits per heavy atom. The monoisotopic (exact) mass is 530 g/mol. The van der Waals surface area contributed by atoms with Crippen LogP contribution in [0.4, 0.5) is 0 Å². The van der Waals surface area contributed by atoms with E-state index in [2.05, 4.69) is 5.32 Å². The number of carbonyl (C=O) groups excluding carboxylic acids is 1. The Morgan fingerprint density at radius 2 is 1.68 bits per heavy atom. The third kappa shape index (κ3) is 6.07. The minimum absolute atomic E-state index is 0.127. The summed E-state index contributed by atoms with van der Waals surface area (Å²) < 4.78 is 43.2. The van der Waals surface area contributed by atoms with Gasteiger partial charge >= 0.3 is 0 Å². The molecule has 1 amide bonds. The van der Waals surface area contributed by atoms with Gasteiger partial charge in [-0.3, -0.25) is 4.79 Å².